The minimum Gasteiger partial charge on any atom is -0.473 e. The Hall–Kier alpha value is -2.30. The summed E-state index contributed by atoms with van der Waals surface area (Å²) in [5, 5.41) is 3.32. The van der Waals surface area contributed by atoms with Crippen LogP contribution in [0.1, 0.15) is 37.9 Å². The van der Waals surface area contributed by atoms with Crippen molar-refractivity contribution in [2.24, 2.45) is 0 Å². The largest absolute Gasteiger partial charge is 0.473 e. The topological polar surface area (TPSA) is 73.1 Å². The minimum atomic E-state index is 0.0174. The third kappa shape index (κ3) is 3.62. The van der Waals surface area contributed by atoms with E-state index in [0.29, 0.717) is 17.4 Å². The molecule has 5 nitrogen and oxygen atoms in total. The number of hydrogen-bond donors (Lipinski definition) is 2. The van der Waals surface area contributed by atoms with Crippen molar-refractivity contribution in [3.8, 4) is 5.88 Å². The molecular weight excluding hydrogens is 264 g/mol. The van der Waals surface area contributed by atoms with Gasteiger partial charge in [-0.25, -0.2) is 4.98 Å². The highest BCUT2D eigenvalue weighted by Gasteiger charge is 2.14. The third-order valence-electron chi connectivity index (χ3n) is 3.20. The molecule has 1 aromatic heterocycles. The lowest BCUT2D eigenvalue weighted by molar-refractivity contribution is 0.234. The van der Waals surface area contributed by atoms with Crippen LogP contribution in [0.3, 0.4) is 0 Å². The highest BCUT2D eigenvalue weighted by Crippen LogP contribution is 2.29. The van der Waals surface area contributed by atoms with Crippen LogP contribution in [0.5, 0.6) is 5.88 Å². The van der Waals surface area contributed by atoms with Gasteiger partial charge in [-0.2, -0.15) is 4.98 Å². The van der Waals surface area contributed by atoms with Crippen LogP contribution in [0.2, 0.25) is 0 Å². The van der Waals surface area contributed by atoms with Gasteiger partial charge in [-0.3, -0.25) is 0 Å². The normalized spacial score (nSPS) is 12.2. The Morgan fingerprint density at radius 1 is 1.14 bits per heavy atom. The molecule has 2 aromatic rings. The van der Waals surface area contributed by atoms with Crippen molar-refractivity contribution in [3.05, 3.63) is 41.7 Å². The van der Waals surface area contributed by atoms with E-state index in [4.69, 9.17) is 10.5 Å². The van der Waals surface area contributed by atoms with E-state index < -0.39 is 0 Å². The van der Waals surface area contributed by atoms with E-state index in [2.05, 4.69) is 41.3 Å². The van der Waals surface area contributed by atoms with Crippen LogP contribution in [-0.4, -0.2) is 16.1 Å². The molecule has 112 valence electrons. The Morgan fingerprint density at radius 3 is 2.52 bits per heavy atom. The van der Waals surface area contributed by atoms with Crippen LogP contribution in [0.4, 0.5) is 11.5 Å². The summed E-state index contributed by atoms with van der Waals surface area (Å²) in [6, 6.07) is 8.33. The minimum absolute atomic E-state index is 0.0174. The van der Waals surface area contributed by atoms with Crippen LogP contribution < -0.4 is 15.8 Å². The first kappa shape index (κ1) is 15.1. The first-order valence-corrected chi connectivity index (χ1v) is 7.08. The molecule has 1 unspecified atom stereocenters. The number of nitrogens with two attached hydrogens (primary N) is 1. The molecule has 1 heterocycles. The van der Waals surface area contributed by atoms with E-state index >= 15 is 0 Å². The van der Waals surface area contributed by atoms with Crippen LogP contribution >= 0.6 is 0 Å². The van der Waals surface area contributed by atoms with Gasteiger partial charge in [-0.05, 0) is 38.8 Å². The standard InChI is InChI=1S/C16H22N4O/c1-10(2)21-16-14(17)15(18-9-19-16)20-12(4)13-8-6-5-7-11(13)3/h5-10,12H,17H2,1-4H3,(H,18,19,20). The highest BCUT2D eigenvalue weighted by atomic mass is 16.5. The summed E-state index contributed by atoms with van der Waals surface area (Å²) < 4.78 is 5.58. The molecule has 2 rings (SSSR count). The summed E-state index contributed by atoms with van der Waals surface area (Å²) in [6.07, 6.45) is 1.48. The molecule has 5 heteroatoms. The van der Waals surface area contributed by atoms with Gasteiger partial charge in [0.05, 0.1) is 12.1 Å². The second-order valence-corrected chi connectivity index (χ2v) is 5.33. The summed E-state index contributed by atoms with van der Waals surface area (Å²) in [7, 11) is 0. The van der Waals surface area contributed by atoms with Crippen molar-refractivity contribution < 1.29 is 4.74 Å². The first-order valence-electron chi connectivity index (χ1n) is 7.08. The Balaban J connectivity index is 2.22. The molecule has 3 N–H and O–H groups in total. The van der Waals surface area contributed by atoms with Crippen LogP contribution in [-0.2, 0) is 0 Å². The quantitative estimate of drug-likeness (QED) is 0.882. The first-order chi connectivity index (χ1) is 9.99. The molecule has 1 aromatic carbocycles. The van der Waals surface area contributed by atoms with Crippen molar-refractivity contribution in [2.45, 2.75) is 39.8 Å². The fraction of sp³-hybridized carbons (Fsp3) is 0.375. The second-order valence-electron chi connectivity index (χ2n) is 5.33. The predicted molar refractivity (Wildman–Crippen MR) is 85.4 cm³/mol. The Morgan fingerprint density at radius 2 is 1.86 bits per heavy atom. The van der Waals surface area contributed by atoms with Gasteiger partial charge < -0.3 is 15.8 Å². The van der Waals surface area contributed by atoms with E-state index in [1.165, 1.54) is 17.5 Å². The van der Waals surface area contributed by atoms with E-state index in [9.17, 15) is 0 Å². The molecule has 0 amide bonds. The number of benzene rings is 1. The van der Waals surface area contributed by atoms with Crippen molar-refractivity contribution in [3.63, 3.8) is 0 Å². The zero-order valence-electron chi connectivity index (χ0n) is 12.9. The molecule has 1 atom stereocenters. The lowest BCUT2D eigenvalue weighted by atomic mass is 10.0. The Labute approximate surface area is 125 Å². The summed E-state index contributed by atoms with van der Waals surface area (Å²) >= 11 is 0. The van der Waals surface area contributed by atoms with Crippen molar-refractivity contribution >= 4 is 11.5 Å². The predicted octanol–water partition coefficient (Wildman–Crippen LogP) is 3.33. The fourth-order valence-electron chi connectivity index (χ4n) is 2.17. The number of aryl methyl sites for hydroxylation is 1. The van der Waals surface area contributed by atoms with Gasteiger partial charge >= 0.3 is 0 Å². The van der Waals surface area contributed by atoms with Gasteiger partial charge in [0.2, 0.25) is 5.88 Å². The highest BCUT2D eigenvalue weighted by molar-refractivity contribution is 5.67. The van der Waals surface area contributed by atoms with Gasteiger partial charge in [0, 0.05) is 0 Å². The molecule has 0 aliphatic carbocycles. The van der Waals surface area contributed by atoms with Crippen molar-refractivity contribution in [2.75, 3.05) is 11.1 Å². The molecule has 0 radical (unpaired) electrons. The number of nitrogens with one attached hydrogen (secondary N) is 1. The zero-order valence-corrected chi connectivity index (χ0v) is 12.9. The number of anilines is 2. The molecule has 0 aliphatic rings. The van der Waals surface area contributed by atoms with Crippen LogP contribution in [0.15, 0.2) is 30.6 Å². The average molecular weight is 286 g/mol. The molecule has 0 saturated heterocycles. The molecule has 0 bridgehead atoms. The SMILES string of the molecule is Cc1ccccc1C(C)Nc1ncnc(OC(C)C)c1N. The van der Waals surface area contributed by atoms with Crippen molar-refractivity contribution in [1.82, 2.24) is 9.97 Å². The number of ether oxygens (including phenoxy) is 1. The average Bonchev–Trinajstić information content (AvgIpc) is 2.43. The maximum atomic E-state index is 6.08. The lowest BCUT2D eigenvalue weighted by Gasteiger charge is -2.19. The van der Waals surface area contributed by atoms with Gasteiger partial charge in [-0.1, -0.05) is 24.3 Å². The molecule has 0 spiro atoms. The maximum Gasteiger partial charge on any atom is 0.242 e. The Kier molecular flexibility index (Phi) is 4.62. The smallest absolute Gasteiger partial charge is 0.242 e. The fourth-order valence-corrected chi connectivity index (χ4v) is 2.17. The molecule has 0 aliphatic heterocycles. The number of nitrogen functional groups attached to an aromatic ring is 1. The number of hydrogen-bond acceptors (Lipinski definition) is 5. The lowest BCUT2D eigenvalue weighted by Crippen LogP contribution is -2.14. The van der Waals surface area contributed by atoms with E-state index in [1.54, 1.807) is 0 Å². The van der Waals surface area contributed by atoms with Crippen molar-refractivity contribution in [1.29, 1.82) is 0 Å². The van der Waals surface area contributed by atoms with Gasteiger partial charge in [0.15, 0.2) is 5.82 Å². The molecule has 21 heavy (non-hydrogen) atoms. The zero-order chi connectivity index (χ0) is 15.4. The van der Waals surface area contributed by atoms with Gasteiger partial charge in [-0.15, -0.1) is 0 Å². The summed E-state index contributed by atoms with van der Waals surface area (Å²) in [5.41, 5.74) is 8.96. The van der Waals surface area contributed by atoms with Gasteiger partial charge in [0.1, 0.15) is 12.0 Å². The second kappa shape index (κ2) is 6.43. The van der Waals surface area contributed by atoms with E-state index in [0.717, 1.165) is 0 Å². The third-order valence-corrected chi connectivity index (χ3v) is 3.20. The maximum absolute atomic E-state index is 6.08. The van der Waals surface area contributed by atoms with E-state index in [-0.39, 0.29) is 12.1 Å². The number of rotatable bonds is 5. The number of aromatic nitrogens is 2. The molecule has 0 saturated carbocycles. The molecule has 0 fully saturated rings. The van der Waals surface area contributed by atoms with Crippen LogP contribution in [0.25, 0.3) is 0 Å². The Bertz CT molecular complexity index is 613. The molecular formula is C16H22N4O. The van der Waals surface area contributed by atoms with Crippen LogP contribution in [0, 0.1) is 6.92 Å². The summed E-state index contributed by atoms with van der Waals surface area (Å²) in [5.74, 6) is 1.01. The summed E-state index contributed by atoms with van der Waals surface area (Å²) in [6.45, 7) is 8.03. The summed E-state index contributed by atoms with van der Waals surface area (Å²) in [4.78, 5) is 8.29. The number of nitrogens with zero attached hydrogens (tertiary/aromatic N) is 2. The van der Waals surface area contributed by atoms with E-state index in [1.807, 2.05) is 26.0 Å². The monoisotopic (exact) mass is 286 g/mol. The van der Waals surface area contributed by atoms with Gasteiger partial charge in [0.25, 0.3) is 0 Å².